The van der Waals surface area contributed by atoms with Gasteiger partial charge in [-0.25, -0.2) is 4.79 Å². The third kappa shape index (κ3) is 4.54. The number of carboxylic acids is 1. The molecule has 2 rings (SSSR count). The van der Waals surface area contributed by atoms with Crippen molar-refractivity contribution in [2.24, 2.45) is 5.92 Å². The van der Waals surface area contributed by atoms with Gasteiger partial charge in [-0.05, 0) is 18.1 Å². The maximum atomic E-state index is 10.7. The molecular weight excluding hydrogens is 278 g/mol. The van der Waals surface area contributed by atoms with Crippen LogP contribution in [0.1, 0.15) is 24.4 Å². The van der Waals surface area contributed by atoms with E-state index in [1.807, 2.05) is 0 Å². The van der Waals surface area contributed by atoms with Crippen LogP contribution in [0.25, 0.3) is 0 Å². The second-order valence-corrected chi connectivity index (χ2v) is 6.41. The summed E-state index contributed by atoms with van der Waals surface area (Å²) in [7, 11) is 0. The zero-order chi connectivity index (χ0) is 14.5. The minimum absolute atomic E-state index is 0.0153. The number of ether oxygens (including phenoxy) is 1. The molecule has 20 heavy (non-hydrogen) atoms. The molecule has 1 aromatic rings. The maximum absolute atomic E-state index is 10.7. The lowest BCUT2D eigenvalue weighted by atomic mass is 10.2. The Kier molecular flexibility index (Phi) is 5.51. The summed E-state index contributed by atoms with van der Waals surface area (Å²) in [6.45, 7) is 8.21. The summed E-state index contributed by atoms with van der Waals surface area (Å²) >= 11 is 1.50. The number of thioether (sulfide) groups is 1. The molecule has 1 saturated heterocycles. The zero-order valence-electron chi connectivity index (χ0n) is 11.9. The van der Waals surface area contributed by atoms with E-state index in [-0.39, 0.29) is 11.9 Å². The van der Waals surface area contributed by atoms with Crippen LogP contribution in [-0.4, -0.2) is 54.1 Å². The molecule has 1 unspecified atom stereocenters. The Hall–Kier alpha value is -0.980. The molecular formula is C14H21NO4S. The molecule has 0 aromatic carbocycles. The van der Waals surface area contributed by atoms with Crippen LogP contribution >= 0.6 is 11.8 Å². The largest absolute Gasteiger partial charge is 0.475 e. The van der Waals surface area contributed by atoms with Crippen LogP contribution < -0.4 is 0 Å². The van der Waals surface area contributed by atoms with E-state index in [9.17, 15) is 4.79 Å². The van der Waals surface area contributed by atoms with E-state index in [1.54, 1.807) is 6.07 Å². The summed E-state index contributed by atoms with van der Waals surface area (Å²) in [5, 5.41) is 9.43. The Balaban J connectivity index is 1.79. The third-order valence-corrected chi connectivity index (χ3v) is 4.09. The van der Waals surface area contributed by atoms with Crippen LogP contribution in [0.3, 0.4) is 0 Å². The van der Waals surface area contributed by atoms with Crippen molar-refractivity contribution < 1.29 is 19.1 Å². The first-order valence-corrected chi connectivity index (χ1v) is 7.83. The highest BCUT2D eigenvalue weighted by Gasteiger charge is 2.21. The van der Waals surface area contributed by atoms with E-state index in [1.165, 1.54) is 17.8 Å². The van der Waals surface area contributed by atoms with E-state index < -0.39 is 5.97 Å². The molecule has 1 aliphatic rings. The van der Waals surface area contributed by atoms with E-state index in [2.05, 4.69) is 18.7 Å². The Morgan fingerprint density at radius 3 is 3.00 bits per heavy atom. The van der Waals surface area contributed by atoms with Crippen molar-refractivity contribution in [3.8, 4) is 0 Å². The molecule has 1 N–H and O–H groups in total. The van der Waals surface area contributed by atoms with Gasteiger partial charge in [0.2, 0.25) is 5.76 Å². The molecule has 5 nitrogen and oxygen atoms in total. The van der Waals surface area contributed by atoms with Gasteiger partial charge in [0.25, 0.3) is 0 Å². The SMILES string of the molecule is CC(C)CN1CCOC(CSc2ccc(C(=O)O)o2)C1. The molecule has 1 atom stereocenters. The van der Waals surface area contributed by atoms with Gasteiger partial charge in [-0.3, -0.25) is 4.90 Å². The van der Waals surface area contributed by atoms with Gasteiger partial charge in [0.1, 0.15) is 0 Å². The number of aromatic carboxylic acids is 1. The highest BCUT2D eigenvalue weighted by Crippen LogP contribution is 2.23. The topological polar surface area (TPSA) is 62.9 Å². The van der Waals surface area contributed by atoms with Crippen molar-refractivity contribution in [1.82, 2.24) is 4.90 Å². The van der Waals surface area contributed by atoms with Crippen molar-refractivity contribution >= 4 is 17.7 Å². The fraction of sp³-hybridized carbons (Fsp3) is 0.643. The van der Waals surface area contributed by atoms with Gasteiger partial charge in [0, 0.05) is 25.4 Å². The first kappa shape index (κ1) is 15.4. The highest BCUT2D eigenvalue weighted by molar-refractivity contribution is 7.99. The fourth-order valence-electron chi connectivity index (χ4n) is 2.25. The number of hydrogen-bond donors (Lipinski definition) is 1. The van der Waals surface area contributed by atoms with Crippen molar-refractivity contribution in [1.29, 1.82) is 0 Å². The highest BCUT2D eigenvalue weighted by atomic mass is 32.2. The first-order valence-electron chi connectivity index (χ1n) is 6.84. The number of carboxylic acid groups (broad SMARTS) is 1. The third-order valence-electron chi connectivity index (χ3n) is 3.05. The Morgan fingerprint density at radius 2 is 2.35 bits per heavy atom. The Bertz CT molecular complexity index is 446. The molecule has 1 aromatic heterocycles. The van der Waals surface area contributed by atoms with Crippen LogP contribution in [0.15, 0.2) is 21.6 Å². The average molecular weight is 299 g/mol. The van der Waals surface area contributed by atoms with Crippen molar-refractivity contribution in [3.05, 3.63) is 17.9 Å². The molecule has 0 saturated carbocycles. The summed E-state index contributed by atoms with van der Waals surface area (Å²) in [6.07, 6.45) is 0.172. The lowest BCUT2D eigenvalue weighted by molar-refractivity contribution is -0.0192. The van der Waals surface area contributed by atoms with E-state index in [0.29, 0.717) is 11.0 Å². The Morgan fingerprint density at radius 1 is 1.55 bits per heavy atom. The van der Waals surface area contributed by atoms with Gasteiger partial charge in [-0.2, -0.15) is 0 Å². The summed E-state index contributed by atoms with van der Waals surface area (Å²) in [6, 6.07) is 3.18. The molecule has 1 fully saturated rings. The van der Waals surface area contributed by atoms with Gasteiger partial charge < -0.3 is 14.3 Å². The number of furan rings is 1. The molecule has 0 spiro atoms. The summed E-state index contributed by atoms with van der Waals surface area (Å²) in [5.41, 5.74) is 0. The number of morpholine rings is 1. The predicted molar refractivity (Wildman–Crippen MR) is 77.4 cm³/mol. The molecule has 0 amide bonds. The standard InChI is InChI=1S/C14H21NO4S/c1-10(2)7-15-5-6-18-11(8-15)9-20-13-4-3-12(19-13)14(16)17/h3-4,10-11H,5-9H2,1-2H3,(H,16,17). The number of carbonyl (C=O) groups is 1. The maximum Gasteiger partial charge on any atom is 0.371 e. The second kappa shape index (κ2) is 7.15. The predicted octanol–water partition coefficient (Wildman–Crippen LogP) is 2.43. The molecule has 0 radical (unpaired) electrons. The van der Waals surface area contributed by atoms with Crippen LogP contribution in [0, 0.1) is 5.92 Å². The molecule has 1 aliphatic heterocycles. The van der Waals surface area contributed by atoms with Gasteiger partial charge >= 0.3 is 5.97 Å². The minimum atomic E-state index is -1.03. The van der Waals surface area contributed by atoms with Crippen molar-refractivity contribution in [3.63, 3.8) is 0 Å². The van der Waals surface area contributed by atoms with Crippen molar-refractivity contribution in [2.75, 3.05) is 32.0 Å². The van der Waals surface area contributed by atoms with E-state index in [4.69, 9.17) is 14.3 Å². The normalized spacial score (nSPS) is 20.4. The van der Waals surface area contributed by atoms with Crippen molar-refractivity contribution in [2.45, 2.75) is 25.0 Å². The van der Waals surface area contributed by atoms with E-state index >= 15 is 0 Å². The molecule has 2 heterocycles. The van der Waals surface area contributed by atoms with Crippen LogP contribution in [0.2, 0.25) is 0 Å². The monoisotopic (exact) mass is 299 g/mol. The number of nitrogens with zero attached hydrogens (tertiary/aromatic N) is 1. The molecule has 112 valence electrons. The first-order chi connectivity index (χ1) is 9.54. The molecule has 0 aliphatic carbocycles. The molecule has 0 bridgehead atoms. The molecule has 6 heteroatoms. The quantitative estimate of drug-likeness (QED) is 0.814. The summed E-state index contributed by atoms with van der Waals surface area (Å²) in [4.78, 5) is 13.2. The summed E-state index contributed by atoms with van der Waals surface area (Å²) < 4.78 is 11.0. The fourth-order valence-corrected chi connectivity index (χ4v) is 3.12. The number of hydrogen-bond acceptors (Lipinski definition) is 5. The summed E-state index contributed by atoms with van der Waals surface area (Å²) in [5.74, 6) is 0.387. The zero-order valence-corrected chi connectivity index (χ0v) is 12.7. The van der Waals surface area contributed by atoms with Crippen LogP contribution in [-0.2, 0) is 4.74 Å². The van der Waals surface area contributed by atoms with Crippen LogP contribution in [0.4, 0.5) is 0 Å². The number of rotatable bonds is 6. The van der Waals surface area contributed by atoms with Gasteiger partial charge in [-0.1, -0.05) is 25.6 Å². The smallest absolute Gasteiger partial charge is 0.371 e. The minimum Gasteiger partial charge on any atom is -0.475 e. The lowest BCUT2D eigenvalue weighted by Gasteiger charge is -2.33. The second-order valence-electron chi connectivity index (χ2n) is 5.38. The van der Waals surface area contributed by atoms with Gasteiger partial charge in [0.05, 0.1) is 12.7 Å². The van der Waals surface area contributed by atoms with Gasteiger partial charge in [0.15, 0.2) is 5.09 Å². The lowest BCUT2D eigenvalue weighted by Crippen LogP contribution is -2.44. The van der Waals surface area contributed by atoms with E-state index in [0.717, 1.165) is 32.0 Å². The average Bonchev–Trinajstić information content (AvgIpc) is 2.85. The van der Waals surface area contributed by atoms with Gasteiger partial charge in [-0.15, -0.1) is 0 Å². The Labute approximate surface area is 123 Å². The van der Waals surface area contributed by atoms with Crippen LogP contribution in [0.5, 0.6) is 0 Å².